The minimum absolute atomic E-state index is 0.172. The molecule has 2 nitrogen and oxygen atoms in total. The van der Waals surface area contributed by atoms with Crippen LogP contribution in [0.4, 0.5) is 13.2 Å². The Morgan fingerprint density at radius 2 is 2.00 bits per heavy atom. The minimum Gasteiger partial charge on any atom is -0.313 e. The van der Waals surface area contributed by atoms with Crippen molar-refractivity contribution in [2.45, 2.75) is 64.2 Å². The molecule has 1 N–H and O–H groups in total. The van der Waals surface area contributed by atoms with Crippen LogP contribution in [0.3, 0.4) is 0 Å². The third-order valence-electron chi connectivity index (χ3n) is 3.46. The summed E-state index contributed by atoms with van der Waals surface area (Å²) in [4.78, 5) is 2.44. The first-order chi connectivity index (χ1) is 8.42. The average molecular weight is 266 g/mol. The van der Waals surface area contributed by atoms with Crippen molar-refractivity contribution >= 4 is 0 Å². The van der Waals surface area contributed by atoms with E-state index in [2.05, 4.69) is 17.1 Å². The molecule has 1 unspecified atom stereocenters. The fourth-order valence-corrected chi connectivity index (χ4v) is 2.20. The number of likely N-dealkylation sites (N-methyl/N-ethyl adjacent to an activating group) is 1. The lowest BCUT2D eigenvalue weighted by atomic mass is 10.1. The quantitative estimate of drug-likeness (QED) is 0.689. The van der Waals surface area contributed by atoms with Crippen LogP contribution in [0, 0.1) is 0 Å². The smallest absolute Gasteiger partial charge is 0.313 e. The predicted octanol–water partition coefficient (Wildman–Crippen LogP) is 3.18. The van der Waals surface area contributed by atoms with E-state index in [9.17, 15) is 13.2 Å². The van der Waals surface area contributed by atoms with Crippen LogP contribution in [-0.2, 0) is 0 Å². The SMILES string of the molecule is CCN(CCNC(C)CCCC(F)(F)F)C1CC1. The van der Waals surface area contributed by atoms with E-state index in [1.54, 1.807) is 0 Å². The Morgan fingerprint density at radius 3 is 2.50 bits per heavy atom. The first-order valence-corrected chi connectivity index (χ1v) is 6.96. The largest absolute Gasteiger partial charge is 0.389 e. The molecule has 1 rings (SSSR count). The number of rotatable bonds is 9. The van der Waals surface area contributed by atoms with Crippen molar-refractivity contribution in [3.63, 3.8) is 0 Å². The van der Waals surface area contributed by atoms with Gasteiger partial charge in [0.25, 0.3) is 0 Å². The first-order valence-electron chi connectivity index (χ1n) is 6.96. The molecule has 0 bridgehead atoms. The van der Waals surface area contributed by atoms with E-state index in [0.717, 1.165) is 25.7 Å². The molecule has 0 aromatic heterocycles. The van der Waals surface area contributed by atoms with Gasteiger partial charge in [0.05, 0.1) is 0 Å². The topological polar surface area (TPSA) is 15.3 Å². The van der Waals surface area contributed by atoms with Gasteiger partial charge in [-0.25, -0.2) is 0 Å². The van der Waals surface area contributed by atoms with Crippen LogP contribution in [0.1, 0.15) is 46.0 Å². The lowest BCUT2D eigenvalue weighted by Gasteiger charge is -2.21. The van der Waals surface area contributed by atoms with Gasteiger partial charge in [-0.15, -0.1) is 0 Å². The standard InChI is InChI=1S/C13H25F3N2/c1-3-18(12-6-7-12)10-9-17-11(2)5-4-8-13(14,15)16/h11-12,17H,3-10H2,1-2H3. The molecule has 1 aliphatic rings. The van der Waals surface area contributed by atoms with Crippen molar-refractivity contribution in [2.24, 2.45) is 0 Å². The monoisotopic (exact) mass is 266 g/mol. The van der Waals surface area contributed by atoms with Crippen LogP contribution in [0.2, 0.25) is 0 Å². The zero-order valence-corrected chi connectivity index (χ0v) is 11.4. The van der Waals surface area contributed by atoms with Gasteiger partial charge in [-0.2, -0.15) is 13.2 Å². The summed E-state index contributed by atoms with van der Waals surface area (Å²) >= 11 is 0. The van der Waals surface area contributed by atoms with Crippen LogP contribution in [0.15, 0.2) is 0 Å². The Labute approximate surface area is 108 Å². The van der Waals surface area contributed by atoms with Gasteiger partial charge < -0.3 is 5.32 Å². The Balaban J connectivity index is 2.00. The van der Waals surface area contributed by atoms with Gasteiger partial charge in [-0.1, -0.05) is 6.92 Å². The highest BCUT2D eigenvalue weighted by Gasteiger charge is 2.27. The minimum atomic E-state index is -4.01. The van der Waals surface area contributed by atoms with Gasteiger partial charge in [0.1, 0.15) is 0 Å². The Bertz CT molecular complexity index is 227. The molecule has 0 heterocycles. The molecule has 0 amide bonds. The van der Waals surface area contributed by atoms with Gasteiger partial charge in [0.2, 0.25) is 0 Å². The lowest BCUT2D eigenvalue weighted by molar-refractivity contribution is -0.135. The zero-order valence-electron chi connectivity index (χ0n) is 11.4. The van der Waals surface area contributed by atoms with Gasteiger partial charge in [-0.05, 0) is 39.2 Å². The molecule has 0 aromatic carbocycles. The maximum absolute atomic E-state index is 12.0. The van der Waals surface area contributed by atoms with E-state index < -0.39 is 12.6 Å². The maximum atomic E-state index is 12.0. The summed E-state index contributed by atoms with van der Waals surface area (Å²) in [7, 11) is 0. The van der Waals surface area contributed by atoms with Crippen molar-refractivity contribution in [3.05, 3.63) is 0 Å². The molecule has 1 fully saturated rings. The summed E-state index contributed by atoms with van der Waals surface area (Å²) in [6, 6.07) is 0.933. The number of hydrogen-bond acceptors (Lipinski definition) is 2. The highest BCUT2D eigenvalue weighted by atomic mass is 19.4. The van der Waals surface area contributed by atoms with Crippen LogP contribution >= 0.6 is 0 Å². The molecule has 0 saturated heterocycles. The average Bonchev–Trinajstić information content (AvgIpc) is 3.06. The van der Waals surface area contributed by atoms with E-state index in [1.165, 1.54) is 12.8 Å². The molecule has 1 atom stereocenters. The molecule has 0 aliphatic heterocycles. The third kappa shape index (κ3) is 7.21. The van der Waals surface area contributed by atoms with Crippen molar-refractivity contribution < 1.29 is 13.2 Å². The predicted molar refractivity (Wildman–Crippen MR) is 67.6 cm³/mol. The number of halogens is 3. The van der Waals surface area contributed by atoms with Gasteiger partial charge in [-0.3, -0.25) is 4.90 Å². The molecule has 1 aliphatic carbocycles. The van der Waals surface area contributed by atoms with Crippen LogP contribution in [-0.4, -0.2) is 42.8 Å². The van der Waals surface area contributed by atoms with Crippen molar-refractivity contribution in [2.75, 3.05) is 19.6 Å². The zero-order chi connectivity index (χ0) is 13.6. The van der Waals surface area contributed by atoms with E-state index in [1.807, 2.05) is 6.92 Å². The Morgan fingerprint density at radius 1 is 1.33 bits per heavy atom. The fraction of sp³-hybridized carbons (Fsp3) is 1.00. The van der Waals surface area contributed by atoms with Crippen LogP contribution < -0.4 is 5.32 Å². The Kier molecular flexibility index (Phi) is 6.43. The number of nitrogens with zero attached hydrogens (tertiary/aromatic N) is 1. The van der Waals surface area contributed by atoms with Crippen molar-refractivity contribution in [1.82, 2.24) is 10.2 Å². The van der Waals surface area contributed by atoms with Crippen molar-refractivity contribution in [3.8, 4) is 0 Å². The highest BCUT2D eigenvalue weighted by molar-refractivity contribution is 4.84. The molecule has 0 aromatic rings. The maximum Gasteiger partial charge on any atom is 0.389 e. The van der Waals surface area contributed by atoms with Crippen LogP contribution in [0.25, 0.3) is 0 Å². The van der Waals surface area contributed by atoms with Gasteiger partial charge in [0.15, 0.2) is 0 Å². The third-order valence-corrected chi connectivity index (χ3v) is 3.46. The van der Waals surface area contributed by atoms with E-state index in [4.69, 9.17) is 0 Å². The molecular weight excluding hydrogens is 241 g/mol. The summed E-state index contributed by atoms with van der Waals surface area (Å²) in [5.41, 5.74) is 0. The molecule has 0 radical (unpaired) electrons. The summed E-state index contributed by atoms with van der Waals surface area (Å²) in [5.74, 6) is 0. The second-order valence-electron chi connectivity index (χ2n) is 5.22. The van der Waals surface area contributed by atoms with Crippen LogP contribution in [0.5, 0.6) is 0 Å². The number of alkyl halides is 3. The van der Waals surface area contributed by atoms with E-state index in [-0.39, 0.29) is 12.5 Å². The van der Waals surface area contributed by atoms with E-state index in [0.29, 0.717) is 6.42 Å². The molecular formula is C13H25F3N2. The molecule has 1 saturated carbocycles. The van der Waals surface area contributed by atoms with E-state index >= 15 is 0 Å². The molecule has 18 heavy (non-hydrogen) atoms. The summed E-state index contributed by atoms with van der Waals surface area (Å²) in [5, 5.41) is 3.31. The first kappa shape index (κ1) is 15.8. The normalized spacial score (nSPS) is 18.3. The summed E-state index contributed by atoms with van der Waals surface area (Å²) < 4.78 is 35.9. The summed E-state index contributed by atoms with van der Waals surface area (Å²) in [6.07, 6.45) is -1.26. The molecule has 108 valence electrons. The van der Waals surface area contributed by atoms with Gasteiger partial charge >= 0.3 is 6.18 Å². The Hall–Kier alpha value is -0.290. The second-order valence-corrected chi connectivity index (χ2v) is 5.22. The highest BCUT2D eigenvalue weighted by Crippen LogP contribution is 2.26. The summed E-state index contributed by atoms with van der Waals surface area (Å²) in [6.45, 7) is 7.06. The molecule has 5 heteroatoms. The molecule has 0 spiro atoms. The number of hydrogen-bond donors (Lipinski definition) is 1. The lowest BCUT2D eigenvalue weighted by Crippen LogP contribution is -2.37. The second kappa shape index (κ2) is 7.34. The number of nitrogens with one attached hydrogen (secondary N) is 1. The van der Waals surface area contributed by atoms with Crippen molar-refractivity contribution in [1.29, 1.82) is 0 Å². The van der Waals surface area contributed by atoms with Gasteiger partial charge in [0, 0.05) is 31.6 Å². The fourth-order valence-electron chi connectivity index (χ4n) is 2.20.